The first kappa shape index (κ1) is 13.3. The van der Waals surface area contributed by atoms with Crippen molar-refractivity contribution >= 4 is 5.69 Å². The number of rotatable bonds is 5. The number of benzene rings is 2. The summed E-state index contributed by atoms with van der Waals surface area (Å²) >= 11 is 0. The lowest BCUT2D eigenvalue weighted by molar-refractivity contribution is 0.0106. The molecule has 1 N–H and O–H groups in total. The molecular formula is C15H15F2NO. The summed E-state index contributed by atoms with van der Waals surface area (Å²) in [6.07, 6.45) is 0. The minimum Gasteiger partial charge on any atom is -0.497 e. The van der Waals surface area contributed by atoms with Crippen molar-refractivity contribution in [2.75, 3.05) is 19.0 Å². The molecule has 0 saturated heterocycles. The molecule has 19 heavy (non-hydrogen) atoms. The Morgan fingerprint density at radius 1 is 1.00 bits per heavy atom. The Bertz CT molecular complexity index is 511. The van der Waals surface area contributed by atoms with Crippen molar-refractivity contribution in [2.24, 2.45) is 0 Å². The molecule has 2 aromatic rings. The summed E-state index contributed by atoms with van der Waals surface area (Å²) in [6, 6.07) is 14.7. The Balaban J connectivity index is 2.01. The third-order valence-corrected chi connectivity index (χ3v) is 2.80. The van der Waals surface area contributed by atoms with E-state index in [4.69, 9.17) is 4.74 Å². The van der Waals surface area contributed by atoms with Gasteiger partial charge in [0.05, 0.1) is 13.7 Å². The van der Waals surface area contributed by atoms with Crippen molar-refractivity contribution < 1.29 is 13.5 Å². The highest BCUT2D eigenvalue weighted by molar-refractivity contribution is 5.46. The van der Waals surface area contributed by atoms with Crippen LogP contribution < -0.4 is 10.1 Å². The van der Waals surface area contributed by atoms with Crippen LogP contribution in [-0.4, -0.2) is 13.7 Å². The lowest BCUT2D eigenvalue weighted by Crippen LogP contribution is -2.24. The lowest BCUT2D eigenvalue weighted by atomic mass is 10.1. The minimum atomic E-state index is -2.90. The molecule has 0 saturated carbocycles. The Morgan fingerprint density at radius 3 is 2.21 bits per heavy atom. The van der Waals surface area contributed by atoms with Crippen LogP contribution in [0.4, 0.5) is 14.5 Å². The second-order valence-electron chi connectivity index (χ2n) is 4.15. The number of ether oxygens (including phenoxy) is 1. The summed E-state index contributed by atoms with van der Waals surface area (Å²) in [6.45, 7) is -0.441. The molecule has 0 fully saturated rings. The second-order valence-corrected chi connectivity index (χ2v) is 4.15. The van der Waals surface area contributed by atoms with Crippen molar-refractivity contribution in [1.82, 2.24) is 0 Å². The van der Waals surface area contributed by atoms with Gasteiger partial charge in [-0.25, -0.2) is 0 Å². The fraction of sp³-hybridized carbons (Fsp3) is 0.200. The summed E-state index contributed by atoms with van der Waals surface area (Å²) in [4.78, 5) is 0. The molecule has 2 rings (SSSR count). The maximum atomic E-state index is 13.9. The van der Waals surface area contributed by atoms with Gasteiger partial charge in [-0.15, -0.1) is 0 Å². The van der Waals surface area contributed by atoms with Gasteiger partial charge in [-0.05, 0) is 24.3 Å². The Labute approximate surface area is 111 Å². The van der Waals surface area contributed by atoms with Gasteiger partial charge in [-0.3, -0.25) is 0 Å². The molecule has 0 aromatic heterocycles. The summed E-state index contributed by atoms with van der Waals surface area (Å²) in [5.41, 5.74) is 0.646. The highest BCUT2D eigenvalue weighted by Crippen LogP contribution is 2.28. The molecule has 0 unspecified atom stereocenters. The molecule has 2 aromatic carbocycles. The third kappa shape index (κ3) is 3.44. The molecule has 0 bridgehead atoms. The van der Waals surface area contributed by atoms with E-state index >= 15 is 0 Å². The molecule has 100 valence electrons. The lowest BCUT2D eigenvalue weighted by Gasteiger charge is -2.18. The van der Waals surface area contributed by atoms with Crippen LogP contribution in [0.15, 0.2) is 54.6 Å². The van der Waals surface area contributed by atoms with Crippen LogP contribution in [0.3, 0.4) is 0 Å². The number of halogens is 2. The fourth-order valence-electron chi connectivity index (χ4n) is 1.71. The summed E-state index contributed by atoms with van der Waals surface area (Å²) in [7, 11) is 1.56. The minimum absolute atomic E-state index is 0.0102. The first-order valence-electron chi connectivity index (χ1n) is 5.93. The van der Waals surface area contributed by atoms with Crippen molar-refractivity contribution in [3.63, 3.8) is 0 Å². The van der Waals surface area contributed by atoms with Crippen LogP contribution in [0, 0.1) is 0 Å². The number of hydrogen-bond acceptors (Lipinski definition) is 2. The predicted octanol–water partition coefficient (Wildman–Crippen LogP) is 3.90. The van der Waals surface area contributed by atoms with Crippen molar-refractivity contribution in [2.45, 2.75) is 5.92 Å². The zero-order valence-corrected chi connectivity index (χ0v) is 10.6. The fourth-order valence-corrected chi connectivity index (χ4v) is 1.71. The molecule has 2 nitrogen and oxygen atoms in total. The van der Waals surface area contributed by atoms with E-state index in [-0.39, 0.29) is 5.56 Å². The van der Waals surface area contributed by atoms with Gasteiger partial charge < -0.3 is 10.1 Å². The van der Waals surface area contributed by atoms with E-state index < -0.39 is 12.5 Å². The van der Waals surface area contributed by atoms with Crippen molar-refractivity contribution in [3.8, 4) is 5.75 Å². The highest BCUT2D eigenvalue weighted by Gasteiger charge is 2.30. The van der Waals surface area contributed by atoms with Gasteiger partial charge in [-0.2, -0.15) is 8.78 Å². The maximum Gasteiger partial charge on any atom is 0.290 e. The second kappa shape index (κ2) is 5.69. The smallest absolute Gasteiger partial charge is 0.290 e. The van der Waals surface area contributed by atoms with E-state index in [9.17, 15) is 8.78 Å². The predicted molar refractivity (Wildman–Crippen MR) is 71.8 cm³/mol. The number of nitrogens with one attached hydrogen (secondary N) is 1. The first-order valence-corrected chi connectivity index (χ1v) is 5.93. The Kier molecular flexibility index (Phi) is 4.00. The Hall–Kier alpha value is -2.10. The first-order chi connectivity index (χ1) is 9.12. The van der Waals surface area contributed by atoms with Gasteiger partial charge >= 0.3 is 0 Å². The number of hydrogen-bond donors (Lipinski definition) is 1. The van der Waals surface area contributed by atoms with Crippen molar-refractivity contribution in [1.29, 1.82) is 0 Å². The molecule has 0 amide bonds. The SMILES string of the molecule is COc1ccc(NCC(F)(F)c2ccccc2)cc1. The standard InChI is InChI=1S/C15H15F2NO/c1-19-14-9-7-13(8-10-14)18-11-15(16,17)12-5-3-2-4-6-12/h2-10,18H,11H2,1H3. The van der Waals surface area contributed by atoms with Crippen LogP contribution in [-0.2, 0) is 5.92 Å². The van der Waals surface area contributed by atoms with E-state index in [1.165, 1.54) is 12.1 Å². The van der Waals surface area contributed by atoms with E-state index in [1.807, 2.05) is 0 Å². The summed E-state index contributed by atoms with van der Waals surface area (Å²) < 4.78 is 32.8. The number of alkyl halides is 2. The van der Waals surface area contributed by atoms with Crippen LogP contribution >= 0.6 is 0 Å². The average molecular weight is 263 g/mol. The molecule has 0 heterocycles. The zero-order valence-electron chi connectivity index (χ0n) is 10.6. The monoisotopic (exact) mass is 263 g/mol. The molecule has 0 spiro atoms. The van der Waals surface area contributed by atoms with Gasteiger partial charge in [0, 0.05) is 11.3 Å². The van der Waals surface area contributed by atoms with Gasteiger partial charge in [0.15, 0.2) is 0 Å². The number of anilines is 1. The van der Waals surface area contributed by atoms with E-state index in [2.05, 4.69) is 5.32 Å². The summed E-state index contributed by atoms with van der Waals surface area (Å²) in [5, 5.41) is 2.73. The van der Waals surface area contributed by atoms with Gasteiger partial charge in [0.25, 0.3) is 5.92 Å². The van der Waals surface area contributed by atoms with Gasteiger partial charge in [0.1, 0.15) is 5.75 Å². The third-order valence-electron chi connectivity index (χ3n) is 2.80. The molecule has 0 aliphatic carbocycles. The van der Waals surface area contributed by atoms with E-state index in [0.29, 0.717) is 11.4 Å². The molecule has 4 heteroatoms. The van der Waals surface area contributed by atoms with Crippen LogP contribution in [0.1, 0.15) is 5.56 Å². The quantitative estimate of drug-likeness (QED) is 0.883. The van der Waals surface area contributed by atoms with Gasteiger partial charge in [0.2, 0.25) is 0 Å². The Morgan fingerprint density at radius 2 is 1.63 bits per heavy atom. The van der Waals surface area contributed by atoms with Crippen LogP contribution in [0.5, 0.6) is 5.75 Å². The maximum absolute atomic E-state index is 13.9. The molecule has 0 radical (unpaired) electrons. The largest absolute Gasteiger partial charge is 0.497 e. The molecule has 0 atom stereocenters. The summed E-state index contributed by atoms with van der Waals surface area (Å²) in [5.74, 6) is -2.21. The highest BCUT2D eigenvalue weighted by atomic mass is 19.3. The van der Waals surface area contributed by atoms with Crippen molar-refractivity contribution in [3.05, 3.63) is 60.2 Å². The van der Waals surface area contributed by atoms with Crippen LogP contribution in [0.2, 0.25) is 0 Å². The average Bonchev–Trinajstić information content (AvgIpc) is 2.47. The number of methoxy groups -OCH3 is 1. The topological polar surface area (TPSA) is 21.3 Å². The molecular weight excluding hydrogens is 248 g/mol. The van der Waals surface area contributed by atoms with Gasteiger partial charge in [-0.1, -0.05) is 30.3 Å². The van der Waals surface area contributed by atoms with E-state index in [0.717, 1.165) is 0 Å². The molecule has 0 aliphatic rings. The van der Waals surface area contributed by atoms with E-state index in [1.54, 1.807) is 49.6 Å². The van der Waals surface area contributed by atoms with Crippen LogP contribution in [0.25, 0.3) is 0 Å². The normalized spacial score (nSPS) is 11.1. The zero-order chi connectivity index (χ0) is 13.7. The molecule has 0 aliphatic heterocycles.